The van der Waals surface area contributed by atoms with Gasteiger partial charge in [0.2, 0.25) is 0 Å². The Labute approximate surface area is 162 Å². The van der Waals surface area contributed by atoms with Crippen LogP contribution in [0.25, 0.3) is 10.6 Å². The molecule has 1 aliphatic rings. The summed E-state index contributed by atoms with van der Waals surface area (Å²) in [5.74, 6) is 0.0310. The lowest BCUT2D eigenvalue weighted by molar-refractivity contribution is 0.260. The van der Waals surface area contributed by atoms with Gasteiger partial charge in [-0.1, -0.05) is 12.1 Å². The number of hydrogen-bond donors (Lipinski definition) is 1. The van der Waals surface area contributed by atoms with E-state index in [-0.39, 0.29) is 5.82 Å². The Kier molecular flexibility index (Phi) is 5.40. The Morgan fingerprint density at radius 2 is 2.04 bits per heavy atom. The van der Waals surface area contributed by atoms with Crippen LogP contribution in [-0.2, 0) is 6.42 Å². The number of thiophene rings is 1. The van der Waals surface area contributed by atoms with Gasteiger partial charge in [-0.2, -0.15) is 5.10 Å². The highest BCUT2D eigenvalue weighted by molar-refractivity contribution is 7.13. The van der Waals surface area contributed by atoms with Gasteiger partial charge in [-0.05, 0) is 35.6 Å². The van der Waals surface area contributed by atoms with Crippen LogP contribution in [0.1, 0.15) is 5.56 Å². The van der Waals surface area contributed by atoms with Crippen LogP contribution in [0.5, 0.6) is 5.75 Å². The maximum Gasteiger partial charge on any atom is 0.177 e. The summed E-state index contributed by atoms with van der Waals surface area (Å²) >= 11 is 1.72. The number of nitrogens with zero attached hydrogens (tertiary/aromatic N) is 3. The Morgan fingerprint density at radius 3 is 2.78 bits per heavy atom. The lowest BCUT2D eigenvalue weighted by atomic mass is 10.1. The summed E-state index contributed by atoms with van der Waals surface area (Å²) in [5.41, 5.74) is 3.23. The fourth-order valence-corrected chi connectivity index (χ4v) is 4.33. The molecule has 1 fully saturated rings. The standard InChI is InChI=1S/C20H23FN4OS/c1-26-20-16(21)4-2-5-17(20)25-11-9-24(10-12-25)8-7-15-14-22-23-19(15)18-6-3-13-27-18/h2-6,13-14H,7-12H2,1H3,(H,22,23). The van der Waals surface area contributed by atoms with Crippen LogP contribution in [0.3, 0.4) is 0 Å². The minimum Gasteiger partial charge on any atom is -0.492 e. The number of halogens is 1. The summed E-state index contributed by atoms with van der Waals surface area (Å²) in [5, 5.41) is 9.44. The quantitative estimate of drug-likeness (QED) is 0.702. The van der Waals surface area contributed by atoms with E-state index in [1.54, 1.807) is 17.4 Å². The summed E-state index contributed by atoms with van der Waals surface area (Å²) < 4.78 is 19.2. The third kappa shape index (κ3) is 3.84. The van der Waals surface area contributed by atoms with Gasteiger partial charge in [0.15, 0.2) is 11.6 Å². The summed E-state index contributed by atoms with van der Waals surface area (Å²) in [6, 6.07) is 9.28. The topological polar surface area (TPSA) is 44.4 Å². The molecule has 142 valence electrons. The Morgan fingerprint density at radius 1 is 1.19 bits per heavy atom. The van der Waals surface area contributed by atoms with E-state index in [0.29, 0.717) is 5.75 Å². The Balaban J connectivity index is 1.35. The molecule has 5 nitrogen and oxygen atoms in total. The molecular weight excluding hydrogens is 363 g/mol. The van der Waals surface area contributed by atoms with Gasteiger partial charge in [0, 0.05) is 32.7 Å². The van der Waals surface area contributed by atoms with Gasteiger partial charge in [-0.25, -0.2) is 4.39 Å². The molecule has 0 radical (unpaired) electrons. The molecule has 0 bridgehead atoms. The highest BCUT2D eigenvalue weighted by atomic mass is 32.1. The number of nitrogens with one attached hydrogen (secondary N) is 1. The van der Waals surface area contributed by atoms with Crippen molar-refractivity contribution in [1.29, 1.82) is 0 Å². The monoisotopic (exact) mass is 386 g/mol. The van der Waals surface area contributed by atoms with Crippen molar-refractivity contribution in [2.24, 2.45) is 0 Å². The molecular formula is C20H23FN4OS. The molecule has 0 amide bonds. The first-order valence-corrected chi connectivity index (χ1v) is 10.00. The van der Waals surface area contributed by atoms with Crippen LogP contribution in [0, 0.1) is 5.82 Å². The number of ether oxygens (including phenoxy) is 1. The third-order valence-corrected chi connectivity index (χ3v) is 5.93. The van der Waals surface area contributed by atoms with E-state index >= 15 is 0 Å². The number of methoxy groups -OCH3 is 1. The van der Waals surface area contributed by atoms with Gasteiger partial charge in [-0.15, -0.1) is 11.3 Å². The molecule has 1 saturated heterocycles. The number of aromatic amines is 1. The number of benzene rings is 1. The zero-order chi connectivity index (χ0) is 18.6. The highest BCUT2D eigenvalue weighted by Gasteiger charge is 2.21. The highest BCUT2D eigenvalue weighted by Crippen LogP contribution is 2.31. The minimum atomic E-state index is -0.307. The van der Waals surface area contributed by atoms with E-state index in [4.69, 9.17) is 4.74 Å². The van der Waals surface area contributed by atoms with Gasteiger partial charge in [0.25, 0.3) is 0 Å². The predicted molar refractivity (Wildman–Crippen MR) is 107 cm³/mol. The molecule has 4 rings (SSSR count). The number of piperazine rings is 1. The molecule has 3 heterocycles. The third-order valence-electron chi connectivity index (χ3n) is 5.05. The normalized spacial score (nSPS) is 15.3. The minimum absolute atomic E-state index is 0.307. The van der Waals surface area contributed by atoms with Crippen LogP contribution in [0.4, 0.5) is 10.1 Å². The fraction of sp³-hybridized carbons (Fsp3) is 0.350. The van der Waals surface area contributed by atoms with E-state index in [2.05, 4.69) is 37.5 Å². The van der Waals surface area contributed by atoms with Gasteiger partial charge in [0.05, 0.1) is 29.6 Å². The second-order valence-electron chi connectivity index (χ2n) is 6.62. The first-order valence-electron chi connectivity index (χ1n) is 9.12. The van der Waals surface area contributed by atoms with Gasteiger partial charge >= 0.3 is 0 Å². The summed E-state index contributed by atoms with van der Waals surface area (Å²) in [6.45, 7) is 4.62. The molecule has 1 N–H and O–H groups in total. The van der Waals surface area contributed by atoms with Crippen molar-refractivity contribution in [3.63, 3.8) is 0 Å². The number of aromatic nitrogens is 2. The zero-order valence-corrected chi connectivity index (χ0v) is 16.1. The van der Waals surface area contributed by atoms with E-state index in [9.17, 15) is 4.39 Å². The van der Waals surface area contributed by atoms with Crippen molar-refractivity contribution in [2.45, 2.75) is 6.42 Å². The first-order chi connectivity index (χ1) is 13.3. The molecule has 0 saturated carbocycles. The van der Waals surface area contributed by atoms with Crippen LogP contribution in [0.2, 0.25) is 0 Å². The van der Waals surface area contributed by atoms with Crippen molar-refractivity contribution >= 4 is 17.0 Å². The lowest BCUT2D eigenvalue weighted by Gasteiger charge is -2.36. The van der Waals surface area contributed by atoms with Crippen molar-refractivity contribution in [2.75, 3.05) is 44.7 Å². The predicted octanol–water partition coefficient (Wildman–Crippen LogP) is 3.65. The van der Waals surface area contributed by atoms with Gasteiger partial charge in [0.1, 0.15) is 0 Å². The Bertz CT molecular complexity index is 872. The van der Waals surface area contributed by atoms with Crippen LogP contribution < -0.4 is 9.64 Å². The van der Waals surface area contributed by atoms with Crippen LogP contribution in [0.15, 0.2) is 41.9 Å². The average molecular weight is 386 g/mol. The zero-order valence-electron chi connectivity index (χ0n) is 15.3. The number of anilines is 1. The SMILES string of the molecule is COc1c(F)cccc1N1CCN(CCc2cn[nH]c2-c2cccs2)CC1. The number of H-pyrrole nitrogens is 1. The molecule has 3 aromatic rings. The lowest BCUT2D eigenvalue weighted by Crippen LogP contribution is -2.47. The van der Waals surface area contributed by atoms with E-state index in [1.165, 1.54) is 23.6 Å². The number of para-hydroxylation sites is 1. The van der Waals surface area contributed by atoms with Crippen molar-refractivity contribution in [3.05, 3.63) is 53.3 Å². The molecule has 2 aromatic heterocycles. The Hall–Kier alpha value is -2.38. The molecule has 1 aliphatic heterocycles. The second kappa shape index (κ2) is 8.10. The van der Waals surface area contributed by atoms with E-state index in [1.807, 2.05) is 12.3 Å². The second-order valence-corrected chi connectivity index (χ2v) is 7.57. The molecule has 0 aliphatic carbocycles. The fourth-order valence-electron chi connectivity index (χ4n) is 3.57. The van der Waals surface area contributed by atoms with Crippen LogP contribution >= 0.6 is 11.3 Å². The van der Waals surface area contributed by atoms with E-state index < -0.39 is 0 Å². The van der Waals surface area contributed by atoms with Crippen molar-refractivity contribution in [3.8, 4) is 16.3 Å². The first kappa shape index (κ1) is 18.0. The van der Waals surface area contributed by atoms with Gasteiger partial charge in [-0.3, -0.25) is 10.00 Å². The molecule has 0 unspecified atom stereocenters. The number of rotatable bonds is 6. The molecule has 1 aromatic carbocycles. The maximum absolute atomic E-state index is 13.9. The summed E-state index contributed by atoms with van der Waals surface area (Å²) in [7, 11) is 1.52. The van der Waals surface area contributed by atoms with Crippen molar-refractivity contribution < 1.29 is 9.13 Å². The van der Waals surface area contributed by atoms with Crippen LogP contribution in [-0.4, -0.2) is 54.9 Å². The number of hydrogen-bond acceptors (Lipinski definition) is 5. The molecule has 0 atom stereocenters. The molecule has 0 spiro atoms. The average Bonchev–Trinajstić information content (AvgIpc) is 3.38. The molecule has 27 heavy (non-hydrogen) atoms. The van der Waals surface area contributed by atoms with E-state index in [0.717, 1.165) is 50.5 Å². The summed E-state index contributed by atoms with van der Waals surface area (Å²) in [6.07, 6.45) is 2.90. The smallest absolute Gasteiger partial charge is 0.177 e. The van der Waals surface area contributed by atoms with Crippen molar-refractivity contribution in [1.82, 2.24) is 15.1 Å². The maximum atomic E-state index is 13.9. The summed E-state index contributed by atoms with van der Waals surface area (Å²) in [4.78, 5) is 5.88. The van der Waals surface area contributed by atoms with Gasteiger partial charge < -0.3 is 9.64 Å². The molecule has 7 heteroatoms. The largest absolute Gasteiger partial charge is 0.492 e.